The highest BCUT2D eigenvalue weighted by Gasteiger charge is 2.20. The lowest BCUT2D eigenvalue weighted by Gasteiger charge is -2.18. The molecule has 0 unspecified atom stereocenters. The van der Waals surface area contributed by atoms with Crippen LogP contribution in [0.25, 0.3) is 44.4 Å². The second-order valence-corrected chi connectivity index (χ2v) is 12.3. The molecule has 0 atom stereocenters. The van der Waals surface area contributed by atoms with Gasteiger partial charge >= 0.3 is 0 Å². The van der Waals surface area contributed by atoms with E-state index in [1.54, 1.807) is 0 Å². The number of pyridine rings is 1. The summed E-state index contributed by atoms with van der Waals surface area (Å²) in [5.74, 6) is 1.56. The molecule has 0 fully saturated rings. The van der Waals surface area contributed by atoms with Gasteiger partial charge in [0.1, 0.15) is 23.1 Å². The predicted molar refractivity (Wildman–Crippen MR) is 186 cm³/mol. The van der Waals surface area contributed by atoms with Crippen LogP contribution >= 0.6 is 0 Å². The number of benzene rings is 4. The first-order chi connectivity index (χ1) is 22.1. The molecule has 0 saturated carbocycles. The molecule has 0 spiro atoms. The average Bonchev–Trinajstić information content (AvgIpc) is 3.49. The largest absolute Gasteiger partial charge is 0.457 e. The fourth-order valence-corrected chi connectivity index (χ4v) is 6.67. The average molecular weight is 610 g/mol. The number of ether oxygens (including phenoxy) is 1. The summed E-state index contributed by atoms with van der Waals surface area (Å²) in [5, 5.41) is 7.12. The summed E-state index contributed by atoms with van der Waals surface area (Å²) in [7, 11) is 4.14. The fraction of sp³-hybridized carbons (Fsp3) is 0.179. The molecule has 0 radical (unpaired) electrons. The highest BCUT2D eigenvalue weighted by Crippen LogP contribution is 2.38. The molecule has 6 nitrogen and oxygen atoms in total. The van der Waals surface area contributed by atoms with Gasteiger partial charge in [0.05, 0.1) is 22.4 Å². The standard InChI is InChI=1S/C39H36FN5O/c1-23-16-30(45-27(5)39(26(4)42-45)38-24(2)18-29(43(6)7)19-25(38)3)21-32(17-23)46-31-12-13-34-33-10-8-9-11-35(33)44(36(34)22-31)37-20-28(40)14-15-41-37/h8-22H,1-7H3. The number of nitrogens with zero attached hydrogens (tertiary/aromatic N) is 5. The molecule has 0 saturated heterocycles. The van der Waals surface area contributed by atoms with E-state index in [-0.39, 0.29) is 5.82 Å². The van der Waals surface area contributed by atoms with E-state index in [0.29, 0.717) is 17.3 Å². The third kappa shape index (κ3) is 4.98. The molecule has 7 heteroatoms. The zero-order valence-corrected chi connectivity index (χ0v) is 27.2. The Balaban J connectivity index is 1.29. The molecule has 3 heterocycles. The molecule has 0 amide bonds. The van der Waals surface area contributed by atoms with E-state index in [0.717, 1.165) is 50.0 Å². The number of aromatic nitrogens is 4. The van der Waals surface area contributed by atoms with Gasteiger partial charge in [-0.15, -0.1) is 0 Å². The number of aryl methyl sites for hydroxylation is 4. The van der Waals surface area contributed by atoms with E-state index in [1.807, 2.05) is 51.7 Å². The maximum absolute atomic E-state index is 14.3. The van der Waals surface area contributed by atoms with Crippen molar-refractivity contribution in [3.63, 3.8) is 0 Å². The van der Waals surface area contributed by atoms with Crippen LogP contribution in [0, 0.1) is 40.4 Å². The summed E-state index contributed by atoms with van der Waals surface area (Å²) in [6.07, 6.45) is 1.49. The van der Waals surface area contributed by atoms with Gasteiger partial charge < -0.3 is 9.64 Å². The third-order valence-corrected chi connectivity index (χ3v) is 8.67. The fourth-order valence-electron chi connectivity index (χ4n) is 6.67. The Hall–Kier alpha value is -5.43. The first-order valence-electron chi connectivity index (χ1n) is 15.4. The van der Waals surface area contributed by atoms with Crippen molar-refractivity contribution in [3.8, 4) is 34.1 Å². The van der Waals surface area contributed by atoms with E-state index in [1.165, 1.54) is 40.7 Å². The van der Waals surface area contributed by atoms with Crippen molar-refractivity contribution in [2.75, 3.05) is 19.0 Å². The van der Waals surface area contributed by atoms with Crippen LogP contribution in [0.4, 0.5) is 10.1 Å². The van der Waals surface area contributed by atoms with Crippen molar-refractivity contribution in [3.05, 3.63) is 125 Å². The zero-order valence-electron chi connectivity index (χ0n) is 27.2. The first-order valence-corrected chi connectivity index (χ1v) is 15.4. The van der Waals surface area contributed by atoms with Crippen LogP contribution in [0.1, 0.15) is 28.1 Å². The summed E-state index contributed by atoms with van der Waals surface area (Å²) < 4.78 is 24.8. The van der Waals surface area contributed by atoms with E-state index in [2.05, 4.69) is 88.9 Å². The number of hydrogen-bond donors (Lipinski definition) is 0. The van der Waals surface area contributed by atoms with E-state index >= 15 is 0 Å². The Bertz CT molecular complexity index is 2270. The lowest BCUT2D eigenvalue weighted by atomic mass is 9.93. The molecule has 0 aliphatic carbocycles. The highest BCUT2D eigenvalue weighted by atomic mass is 19.1. The molecule has 230 valence electrons. The first kappa shape index (κ1) is 29.3. The minimum atomic E-state index is -0.334. The summed E-state index contributed by atoms with van der Waals surface area (Å²) in [6.45, 7) is 10.6. The predicted octanol–water partition coefficient (Wildman–Crippen LogP) is 9.57. The Labute approximate surface area is 268 Å². The molecule has 46 heavy (non-hydrogen) atoms. The van der Waals surface area contributed by atoms with Crippen molar-refractivity contribution in [1.29, 1.82) is 0 Å². The van der Waals surface area contributed by atoms with E-state index < -0.39 is 0 Å². The van der Waals surface area contributed by atoms with Crippen LogP contribution in [0.5, 0.6) is 11.5 Å². The van der Waals surface area contributed by atoms with Gasteiger partial charge in [-0.1, -0.05) is 18.2 Å². The number of rotatable bonds is 6. The van der Waals surface area contributed by atoms with Crippen LogP contribution in [0.3, 0.4) is 0 Å². The molecular weight excluding hydrogens is 573 g/mol. The van der Waals surface area contributed by atoms with E-state index in [4.69, 9.17) is 9.84 Å². The molecular formula is C39H36FN5O. The monoisotopic (exact) mass is 609 g/mol. The van der Waals surface area contributed by atoms with Crippen molar-refractivity contribution in [2.45, 2.75) is 34.6 Å². The minimum absolute atomic E-state index is 0.334. The smallest absolute Gasteiger partial charge is 0.140 e. The Morgan fingerprint density at radius 1 is 0.717 bits per heavy atom. The molecule has 7 rings (SSSR count). The molecule has 0 N–H and O–H groups in total. The van der Waals surface area contributed by atoms with Gasteiger partial charge in [0.2, 0.25) is 0 Å². The van der Waals surface area contributed by atoms with E-state index in [9.17, 15) is 4.39 Å². The number of fused-ring (bicyclic) bond motifs is 3. The van der Waals surface area contributed by atoms with Crippen LogP contribution in [0.2, 0.25) is 0 Å². The van der Waals surface area contributed by atoms with Crippen molar-refractivity contribution >= 4 is 27.5 Å². The van der Waals surface area contributed by atoms with Gasteiger partial charge in [-0.3, -0.25) is 4.57 Å². The summed E-state index contributed by atoms with van der Waals surface area (Å²) in [4.78, 5) is 6.62. The van der Waals surface area contributed by atoms with Gasteiger partial charge in [-0.2, -0.15) is 5.10 Å². The van der Waals surface area contributed by atoms with Gasteiger partial charge in [-0.05, 0) is 105 Å². The highest BCUT2D eigenvalue weighted by molar-refractivity contribution is 6.09. The number of anilines is 1. The Morgan fingerprint density at radius 2 is 1.46 bits per heavy atom. The third-order valence-electron chi connectivity index (χ3n) is 8.67. The van der Waals surface area contributed by atoms with Crippen LogP contribution in [0.15, 0.2) is 91.1 Å². The van der Waals surface area contributed by atoms with Crippen LogP contribution in [-0.4, -0.2) is 33.4 Å². The quantitative estimate of drug-likeness (QED) is 0.188. The van der Waals surface area contributed by atoms with Crippen LogP contribution < -0.4 is 9.64 Å². The lowest BCUT2D eigenvalue weighted by molar-refractivity contribution is 0.482. The number of halogens is 1. The van der Waals surface area contributed by atoms with Gasteiger partial charge in [0.15, 0.2) is 0 Å². The van der Waals surface area contributed by atoms with Crippen molar-refractivity contribution < 1.29 is 9.13 Å². The maximum atomic E-state index is 14.3. The lowest BCUT2D eigenvalue weighted by Crippen LogP contribution is -2.09. The van der Waals surface area contributed by atoms with Gasteiger partial charge in [0, 0.05) is 66.2 Å². The molecule has 7 aromatic rings. The van der Waals surface area contributed by atoms with Crippen LogP contribution in [-0.2, 0) is 0 Å². The summed E-state index contributed by atoms with van der Waals surface area (Å²) >= 11 is 0. The molecule has 0 aliphatic heterocycles. The Morgan fingerprint density at radius 3 is 2.20 bits per heavy atom. The van der Waals surface area contributed by atoms with Gasteiger partial charge in [0.25, 0.3) is 0 Å². The normalized spacial score (nSPS) is 11.5. The maximum Gasteiger partial charge on any atom is 0.140 e. The second kappa shape index (κ2) is 11.2. The zero-order chi connectivity index (χ0) is 32.3. The second-order valence-electron chi connectivity index (χ2n) is 12.3. The van der Waals surface area contributed by atoms with Gasteiger partial charge in [-0.25, -0.2) is 14.1 Å². The molecule has 4 aromatic carbocycles. The Kier molecular flexibility index (Phi) is 7.12. The minimum Gasteiger partial charge on any atom is -0.457 e. The molecule has 3 aromatic heterocycles. The number of hydrogen-bond acceptors (Lipinski definition) is 4. The molecule has 0 aliphatic rings. The SMILES string of the molecule is Cc1cc(Oc2ccc3c4ccccc4n(-c4cc(F)ccn4)c3c2)cc(-n2nc(C)c(-c3c(C)cc(N(C)C)cc3C)c2C)c1. The topological polar surface area (TPSA) is 48.1 Å². The summed E-state index contributed by atoms with van der Waals surface area (Å²) in [5.41, 5.74) is 11.9. The van der Waals surface area contributed by atoms with Crippen molar-refractivity contribution in [2.24, 2.45) is 0 Å². The molecule has 0 bridgehead atoms. The summed E-state index contributed by atoms with van der Waals surface area (Å²) in [6, 6.07) is 27.6. The number of para-hydroxylation sites is 1. The van der Waals surface area contributed by atoms with Crippen molar-refractivity contribution in [1.82, 2.24) is 19.3 Å².